The lowest BCUT2D eigenvalue weighted by Gasteiger charge is -2.18. The predicted molar refractivity (Wildman–Crippen MR) is 87.3 cm³/mol. The van der Waals surface area contributed by atoms with E-state index in [1.165, 1.54) is 27.9 Å². The van der Waals surface area contributed by atoms with Gasteiger partial charge in [-0.05, 0) is 49.1 Å². The Hall–Kier alpha value is -1.80. The number of hydrogen-bond acceptors (Lipinski definition) is 2. The summed E-state index contributed by atoms with van der Waals surface area (Å²) in [6.07, 6.45) is 0.879. The zero-order chi connectivity index (χ0) is 14.7. The minimum atomic E-state index is 0.0374. The largest absolute Gasteiger partial charge is 0.378 e. The average Bonchev–Trinajstić information content (AvgIpc) is 2.43. The van der Waals surface area contributed by atoms with Crippen LogP contribution in [0.1, 0.15) is 28.3 Å². The van der Waals surface area contributed by atoms with Gasteiger partial charge in [0.1, 0.15) is 0 Å². The van der Waals surface area contributed by atoms with E-state index in [0.717, 1.165) is 6.42 Å². The maximum Gasteiger partial charge on any atom is 0.0364 e. The van der Waals surface area contributed by atoms with E-state index >= 15 is 0 Å². The number of hydrogen-bond donors (Lipinski definition) is 1. The van der Waals surface area contributed by atoms with Crippen molar-refractivity contribution in [3.63, 3.8) is 0 Å². The van der Waals surface area contributed by atoms with Crippen LogP contribution in [0.2, 0.25) is 0 Å². The molecule has 20 heavy (non-hydrogen) atoms. The van der Waals surface area contributed by atoms with Crippen molar-refractivity contribution in [3.8, 4) is 0 Å². The van der Waals surface area contributed by atoms with Gasteiger partial charge >= 0.3 is 0 Å². The molecule has 2 N–H and O–H groups in total. The van der Waals surface area contributed by atoms with Gasteiger partial charge in [-0.2, -0.15) is 0 Å². The first kappa shape index (κ1) is 14.6. The molecule has 2 heteroatoms. The zero-order valence-corrected chi connectivity index (χ0v) is 12.9. The van der Waals surface area contributed by atoms with Crippen LogP contribution in [-0.2, 0) is 6.42 Å². The fraction of sp³-hybridized carbons (Fsp3) is 0.333. The molecule has 0 spiro atoms. The van der Waals surface area contributed by atoms with Crippen molar-refractivity contribution < 1.29 is 0 Å². The van der Waals surface area contributed by atoms with E-state index in [9.17, 15) is 0 Å². The Morgan fingerprint density at radius 3 is 2.50 bits per heavy atom. The molecule has 1 unspecified atom stereocenters. The normalized spacial score (nSPS) is 12.2. The number of aryl methyl sites for hydroxylation is 2. The van der Waals surface area contributed by atoms with Crippen LogP contribution in [0.15, 0.2) is 42.5 Å². The highest BCUT2D eigenvalue weighted by Gasteiger charge is 2.10. The molecule has 0 heterocycles. The summed E-state index contributed by atoms with van der Waals surface area (Å²) < 4.78 is 0. The summed E-state index contributed by atoms with van der Waals surface area (Å²) in [6, 6.07) is 15.1. The molecule has 0 aliphatic rings. The first-order chi connectivity index (χ1) is 9.47. The maximum absolute atomic E-state index is 6.40. The molecule has 106 valence electrons. The van der Waals surface area contributed by atoms with Crippen LogP contribution in [0.5, 0.6) is 0 Å². The van der Waals surface area contributed by atoms with E-state index in [2.05, 4.69) is 75.3 Å². The molecule has 0 amide bonds. The Kier molecular flexibility index (Phi) is 4.46. The van der Waals surface area contributed by atoms with Crippen molar-refractivity contribution in [2.45, 2.75) is 26.3 Å². The number of benzene rings is 2. The number of nitrogens with zero attached hydrogens (tertiary/aromatic N) is 1. The Labute approximate surface area is 122 Å². The van der Waals surface area contributed by atoms with Gasteiger partial charge in [-0.3, -0.25) is 0 Å². The second-order valence-corrected chi connectivity index (χ2v) is 5.73. The van der Waals surface area contributed by atoms with Crippen molar-refractivity contribution in [2.75, 3.05) is 19.0 Å². The summed E-state index contributed by atoms with van der Waals surface area (Å²) >= 11 is 0. The van der Waals surface area contributed by atoms with Gasteiger partial charge in [-0.15, -0.1) is 0 Å². The van der Waals surface area contributed by atoms with Gasteiger partial charge in [-0.1, -0.05) is 35.9 Å². The Balaban J connectivity index is 2.21. The first-order valence-electron chi connectivity index (χ1n) is 7.06. The molecule has 0 aromatic heterocycles. The minimum Gasteiger partial charge on any atom is -0.378 e. The molecule has 2 nitrogen and oxygen atoms in total. The summed E-state index contributed by atoms with van der Waals surface area (Å²) in [5.74, 6) is 0. The van der Waals surface area contributed by atoms with E-state index in [1.807, 2.05) is 0 Å². The van der Waals surface area contributed by atoms with Crippen LogP contribution in [0.25, 0.3) is 0 Å². The Bertz CT molecular complexity index is 588. The molecule has 2 aromatic carbocycles. The smallest absolute Gasteiger partial charge is 0.0364 e. The first-order valence-corrected chi connectivity index (χ1v) is 7.06. The molecule has 2 aromatic rings. The van der Waals surface area contributed by atoms with E-state index in [0.29, 0.717) is 0 Å². The fourth-order valence-corrected chi connectivity index (χ4v) is 2.41. The number of nitrogens with two attached hydrogens (primary N) is 1. The van der Waals surface area contributed by atoms with E-state index in [4.69, 9.17) is 5.73 Å². The summed E-state index contributed by atoms with van der Waals surface area (Å²) in [5.41, 5.74) is 12.7. The summed E-state index contributed by atoms with van der Waals surface area (Å²) in [5, 5.41) is 0. The topological polar surface area (TPSA) is 29.3 Å². The highest BCUT2D eigenvalue weighted by Crippen LogP contribution is 2.22. The second kappa shape index (κ2) is 6.10. The molecule has 0 fully saturated rings. The standard InChI is InChI=1S/C18H24N2/c1-13-8-9-14(2)16(10-13)12-18(19)15-6-5-7-17(11-15)20(3)4/h5-11,18H,12,19H2,1-4H3. The van der Waals surface area contributed by atoms with Gasteiger partial charge in [0.2, 0.25) is 0 Å². The molecule has 0 radical (unpaired) electrons. The quantitative estimate of drug-likeness (QED) is 0.917. The molecule has 0 saturated heterocycles. The van der Waals surface area contributed by atoms with Crippen LogP contribution in [0.3, 0.4) is 0 Å². The molecular formula is C18H24N2. The van der Waals surface area contributed by atoms with Crippen molar-refractivity contribution in [1.29, 1.82) is 0 Å². The van der Waals surface area contributed by atoms with Crippen molar-refractivity contribution in [3.05, 3.63) is 64.7 Å². The van der Waals surface area contributed by atoms with Crippen LogP contribution in [0.4, 0.5) is 5.69 Å². The summed E-state index contributed by atoms with van der Waals surface area (Å²) in [7, 11) is 4.10. The van der Waals surface area contributed by atoms with E-state index in [1.54, 1.807) is 0 Å². The minimum absolute atomic E-state index is 0.0374. The van der Waals surface area contributed by atoms with E-state index in [-0.39, 0.29) is 6.04 Å². The lowest BCUT2D eigenvalue weighted by molar-refractivity contribution is 0.718. The number of rotatable bonds is 4. The van der Waals surface area contributed by atoms with Crippen molar-refractivity contribution >= 4 is 5.69 Å². The molecule has 0 bridgehead atoms. The monoisotopic (exact) mass is 268 g/mol. The van der Waals surface area contributed by atoms with Crippen LogP contribution < -0.4 is 10.6 Å². The van der Waals surface area contributed by atoms with E-state index < -0.39 is 0 Å². The molecule has 1 atom stereocenters. The van der Waals surface area contributed by atoms with Gasteiger partial charge in [0.05, 0.1) is 0 Å². The maximum atomic E-state index is 6.40. The third kappa shape index (κ3) is 3.40. The van der Waals surface area contributed by atoms with Crippen LogP contribution in [-0.4, -0.2) is 14.1 Å². The van der Waals surface area contributed by atoms with Gasteiger partial charge in [-0.25, -0.2) is 0 Å². The lowest BCUT2D eigenvalue weighted by Crippen LogP contribution is -2.15. The van der Waals surface area contributed by atoms with Gasteiger partial charge < -0.3 is 10.6 Å². The molecule has 0 aliphatic carbocycles. The van der Waals surface area contributed by atoms with Crippen molar-refractivity contribution in [1.82, 2.24) is 0 Å². The average molecular weight is 268 g/mol. The second-order valence-electron chi connectivity index (χ2n) is 5.73. The fourth-order valence-electron chi connectivity index (χ4n) is 2.41. The third-order valence-electron chi connectivity index (χ3n) is 3.76. The van der Waals surface area contributed by atoms with Crippen LogP contribution in [0, 0.1) is 13.8 Å². The highest BCUT2D eigenvalue weighted by atomic mass is 15.1. The third-order valence-corrected chi connectivity index (χ3v) is 3.76. The number of anilines is 1. The Morgan fingerprint density at radius 2 is 1.80 bits per heavy atom. The zero-order valence-electron chi connectivity index (χ0n) is 12.9. The van der Waals surface area contributed by atoms with Gasteiger partial charge in [0.25, 0.3) is 0 Å². The Morgan fingerprint density at radius 1 is 1.05 bits per heavy atom. The molecule has 0 aliphatic heterocycles. The lowest BCUT2D eigenvalue weighted by atomic mass is 9.95. The predicted octanol–water partition coefficient (Wildman–Crippen LogP) is 3.61. The van der Waals surface area contributed by atoms with Crippen LogP contribution >= 0.6 is 0 Å². The van der Waals surface area contributed by atoms with Gasteiger partial charge in [0.15, 0.2) is 0 Å². The summed E-state index contributed by atoms with van der Waals surface area (Å²) in [4.78, 5) is 2.11. The van der Waals surface area contributed by atoms with Crippen molar-refractivity contribution in [2.24, 2.45) is 5.73 Å². The molecule has 0 saturated carbocycles. The summed E-state index contributed by atoms with van der Waals surface area (Å²) in [6.45, 7) is 4.28. The van der Waals surface area contributed by atoms with Gasteiger partial charge in [0, 0.05) is 25.8 Å². The SMILES string of the molecule is Cc1ccc(C)c(CC(N)c2cccc(N(C)C)c2)c1. The molecule has 2 rings (SSSR count). The highest BCUT2D eigenvalue weighted by molar-refractivity contribution is 5.48. The molecular weight excluding hydrogens is 244 g/mol.